The van der Waals surface area contributed by atoms with Gasteiger partial charge in [-0.3, -0.25) is 0 Å². The molecule has 3 aromatic carbocycles. The first-order valence-electron chi connectivity index (χ1n) is 7.48. The average Bonchev–Trinajstić information content (AvgIpc) is 3.10. The summed E-state index contributed by atoms with van der Waals surface area (Å²) in [7, 11) is 0. The predicted octanol–water partition coefficient (Wildman–Crippen LogP) is 5.07. The molecule has 0 bridgehead atoms. The van der Waals surface area contributed by atoms with Crippen LogP contribution in [0.15, 0.2) is 107 Å². The Kier molecular flexibility index (Phi) is 3.29. The Morgan fingerprint density at radius 1 is 0.565 bits per heavy atom. The Balaban J connectivity index is 1.98. The van der Waals surface area contributed by atoms with Gasteiger partial charge in [-0.15, -0.1) is 0 Å². The van der Waals surface area contributed by atoms with E-state index < -0.39 is 0 Å². The van der Waals surface area contributed by atoms with Crippen molar-refractivity contribution in [1.29, 1.82) is 0 Å². The van der Waals surface area contributed by atoms with Crippen LogP contribution in [-0.2, 0) is 0 Å². The fourth-order valence-electron chi connectivity index (χ4n) is 2.85. The van der Waals surface area contributed by atoms with Crippen LogP contribution < -0.4 is 4.59 Å². The van der Waals surface area contributed by atoms with E-state index in [-0.39, 0.29) is 4.59 Å². The molecule has 110 valence electrons. The highest BCUT2D eigenvalue weighted by molar-refractivity contribution is 6.09. The second-order valence-corrected chi connectivity index (χ2v) is 5.28. The Morgan fingerprint density at radius 3 is 1.57 bits per heavy atom. The molecule has 23 heavy (non-hydrogen) atoms. The minimum absolute atomic E-state index is 0.145. The van der Waals surface area contributed by atoms with E-state index in [0.717, 1.165) is 22.8 Å². The van der Waals surface area contributed by atoms with Gasteiger partial charge < -0.3 is 0 Å². The zero-order valence-corrected chi connectivity index (χ0v) is 12.4. The molecule has 3 aromatic rings. The normalized spacial score (nSPS) is 15.4. The minimum atomic E-state index is 0.145. The summed E-state index contributed by atoms with van der Waals surface area (Å²) in [5, 5.41) is 12.9. The number of amidine groups is 1. The van der Waals surface area contributed by atoms with Crippen molar-refractivity contribution < 1.29 is 0 Å². The maximum atomic E-state index is 4.52. The summed E-state index contributed by atoms with van der Waals surface area (Å²) in [5.74, 6) is 0.794. The number of nitrogens with zero attached hydrogens (tertiary/aromatic N) is 4. The van der Waals surface area contributed by atoms with Crippen molar-refractivity contribution >= 4 is 17.2 Å². The van der Waals surface area contributed by atoms with Gasteiger partial charge in [-0.1, -0.05) is 64.3 Å². The van der Waals surface area contributed by atoms with E-state index in [9.17, 15) is 0 Å². The molecule has 0 amide bonds. The summed E-state index contributed by atoms with van der Waals surface area (Å²) in [6, 6.07) is 30.3. The molecule has 4 nitrogen and oxygen atoms in total. The van der Waals surface area contributed by atoms with E-state index in [1.807, 2.05) is 66.7 Å². The molecule has 0 saturated carbocycles. The number of benzene rings is 3. The summed E-state index contributed by atoms with van der Waals surface area (Å²) in [6.07, 6.45) is 0. The van der Waals surface area contributed by atoms with E-state index >= 15 is 0 Å². The first kappa shape index (κ1) is 13.5. The molecule has 0 fully saturated rings. The van der Waals surface area contributed by atoms with Gasteiger partial charge in [-0.25, -0.2) is 0 Å². The summed E-state index contributed by atoms with van der Waals surface area (Å²) < 4.78 is 0.145. The molecule has 1 heterocycles. The van der Waals surface area contributed by atoms with Crippen LogP contribution in [0.2, 0.25) is 0 Å². The zero-order chi connectivity index (χ0) is 15.5. The van der Waals surface area contributed by atoms with Gasteiger partial charge in [0.2, 0.25) is 0 Å². The molecule has 0 aliphatic carbocycles. The lowest BCUT2D eigenvalue weighted by molar-refractivity contribution is 0.575. The van der Waals surface area contributed by atoms with Crippen LogP contribution in [0.25, 0.3) is 0 Å². The molecule has 0 spiro atoms. The standard InChI is InChI=1S/C19H15N4/c1-4-10-16(11-5-1)19-20-21-22-23(19,17-12-6-2-7-13-17)18-14-8-3-9-15-18/h1-15H/q+1. The number of hydrogen-bond donors (Lipinski definition) is 0. The predicted molar refractivity (Wildman–Crippen MR) is 92.2 cm³/mol. The quantitative estimate of drug-likeness (QED) is 0.606. The molecule has 0 atom stereocenters. The van der Waals surface area contributed by atoms with Crippen molar-refractivity contribution in [3.05, 3.63) is 96.6 Å². The van der Waals surface area contributed by atoms with E-state index in [1.54, 1.807) is 0 Å². The topological polar surface area (TPSA) is 37.1 Å². The van der Waals surface area contributed by atoms with Crippen molar-refractivity contribution in [2.75, 3.05) is 0 Å². The van der Waals surface area contributed by atoms with Crippen molar-refractivity contribution in [2.45, 2.75) is 0 Å². The molecule has 0 N–H and O–H groups in total. The first-order chi connectivity index (χ1) is 11.4. The Labute approximate surface area is 134 Å². The smallest absolute Gasteiger partial charge is 0.0654 e. The molecule has 1 aliphatic rings. The number of rotatable bonds is 3. The second-order valence-electron chi connectivity index (χ2n) is 5.28. The molecule has 0 saturated heterocycles. The lowest BCUT2D eigenvalue weighted by Crippen LogP contribution is -2.43. The monoisotopic (exact) mass is 299 g/mol. The molecule has 0 unspecified atom stereocenters. The van der Waals surface area contributed by atoms with Gasteiger partial charge in [0, 0.05) is 29.5 Å². The minimum Gasteiger partial charge on any atom is -0.0654 e. The largest absolute Gasteiger partial charge is 0.294 e. The Hall–Kier alpha value is -3.11. The molecule has 4 heteroatoms. The van der Waals surface area contributed by atoms with E-state index in [0.29, 0.717) is 0 Å². The average molecular weight is 299 g/mol. The van der Waals surface area contributed by atoms with Crippen molar-refractivity contribution in [3.63, 3.8) is 0 Å². The zero-order valence-electron chi connectivity index (χ0n) is 12.4. The van der Waals surface area contributed by atoms with Gasteiger partial charge >= 0.3 is 0 Å². The van der Waals surface area contributed by atoms with Crippen LogP contribution in [0.1, 0.15) is 5.56 Å². The van der Waals surface area contributed by atoms with Crippen LogP contribution in [0.4, 0.5) is 11.4 Å². The third-order valence-electron chi connectivity index (χ3n) is 3.91. The molecular weight excluding hydrogens is 284 g/mol. The van der Waals surface area contributed by atoms with Crippen LogP contribution in [-0.4, -0.2) is 5.84 Å². The van der Waals surface area contributed by atoms with Gasteiger partial charge in [0.05, 0.1) is 10.8 Å². The van der Waals surface area contributed by atoms with E-state index in [1.165, 1.54) is 0 Å². The molecule has 0 aromatic heterocycles. The summed E-state index contributed by atoms with van der Waals surface area (Å²) in [5.41, 5.74) is 3.01. The van der Waals surface area contributed by atoms with Gasteiger partial charge in [0.1, 0.15) is 0 Å². The fourth-order valence-corrected chi connectivity index (χ4v) is 2.85. The van der Waals surface area contributed by atoms with Gasteiger partial charge in [-0.2, -0.15) is 0 Å². The Bertz CT molecular complexity index is 816. The van der Waals surface area contributed by atoms with Crippen LogP contribution in [0.5, 0.6) is 0 Å². The highest BCUT2D eigenvalue weighted by Crippen LogP contribution is 2.40. The van der Waals surface area contributed by atoms with Gasteiger partial charge in [0.15, 0.2) is 11.4 Å². The highest BCUT2D eigenvalue weighted by atomic mass is 15.8. The second kappa shape index (κ2) is 5.59. The van der Waals surface area contributed by atoms with Gasteiger partial charge in [0.25, 0.3) is 5.84 Å². The third kappa shape index (κ3) is 2.17. The van der Waals surface area contributed by atoms with Crippen molar-refractivity contribution in [1.82, 2.24) is 4.59 Å². The maximum absolute atomic E-state index is 4.52. The lowest BCUT2D eigenvalue weighted by Gasteiger charge is -2.26. The number of para-hydroxylation sites is 2. The van der Waals surface area contributed by atoms with E-state index in [2.05, 4.69) is 39.8 Å². The molecule has 4 rings (SSSR count). The number of quaternary nitrogens is 1. The third-order valence-corrected chi connectivity index (χ3v) is 3.91. The van der Waals surface area contributed by atoms with Crippen LogP contribution >= 0.6 is 0 Å². The maximum Gasteiger partial charge on any atom is 0.294 e. The fraction of sp³-hybridized carbons (Fsp3) is 0. The van der Waals surface area contributed by atoms with Gasteiger partial charge in [-0.05, 0) is 12.1 Å². The van der Waals surface area contributed by atoms with Crippen LogP contribution in [0.3, 0.4) is 0 Å². The molecular formula is C19H15N4+. The number of hydrogen-bond acceptors (Lipinski definition) is 3. The summed E-state index contributed by atoms with van der Waals surface area (Å²) >= 11 is 0. The van der Waals surface area contributed by atoms with Crippen LogP contribution in [0, 0.1) is 0 Å². The summed E-state index contributed by atoms with van der Waals surface area (Å²) in [4.78, 5) is 0. The highest BCUT2D eigenvalue weighted by Gasteiger charge is 2.45. The first-order valence-corrected chi connectivity index (χ1v) is 7.48. The molecule has 1 aliphatic heterocycles. The van der Waals surface area contributed by atoms with Crippen molar-refractivity contribution in [3.8, 4) is 0 Å². The molecule has 0 radical (unpaired) electrons. The summed E-state index contributed by atoms with van der Waals surface area (Å²) in [6.45, 7) is 0. The van der Waals surface area contributed by atoms with E-state index in [4.69, 9.17) is 0 Å². The SMILES string of the molecule is c1ccc(C2=NN=N[N+]2(c2ccccc2)c2ccccc2)cc1. The van der Waals surface area contributed by atoms with Crippen molar-refractivity contribution in [2.24, 2.45) is 15.5 Å². The lowest BCUT2D eigenvalue weighted by atomic mass is 10.1. The Morgan fingerprint density at radius 2 is 1.04 bits per heavy atom.